The lowest BCUT2D eigenvalue weighted by atomic mass is 9.95. The molecule has 0 fully saturated rings. The summed E-state index contributed by atoms with van der Waals surface area (Å²) in [4.78, 5) is 31.4. The Bertz CT molecular complexity index is 1460. The number of aromatic nitrogens is 2. The molecule has 2 aromatic carbocycles. The molecule has 2 aromatic heterocycles. The largest absolute Gasteiger partial charge is 0.378 e. The molecule has 1 aliphatic rings. The van der Waals surface area contributed by atoms with Gasteiger partial charge in [0.1, 0.15) is 0 Å². The third-order valence-corrected chi connectivity index (χ3v) is 6.44. The number of hydrogen-bond acceptors (Lipinski definition) is 4. The van der Waals surface area contributed by atoms with E-state index in [4.69, 9.17) is 16.3 Å². The number of para-hydroxylation sites is 1. The van der Waals surface area contributed by atoms with Gasteiger partial charge in [-0.3, -0.25) is 14.9 Å². The van der Waals surface area contributed by atoms with E-state index in [9.17, 15) is 9.59 Å². The maximum absolute atomic E-state index is 13.1. The molecule has 2 N–H and O–H groups in total. The molecular weight excluding hydrogens is 452 g/mol. The highest BCUT2D eigenvalue weighted by Crippen LogP contribution is 2.38. The predicted octanol–water partition coefficient (Wildman–Crippen LogP) is 3.92. The minimum atomic E-state index is -0.407. The molecule has 0 aliphatic carbocycles. The Morgan fingerprint density at radius 3 is 2.50 bits per heavy atom. The molecule has 1 aliphatic heterocycles. The molecule has 34 heavy (non-hydrogen) atoms. The van der Waals surface area contributed by atoms with Crippen LogP contribution in [0.5, 0.6) is 0 Å². The van der Waals surface area contributed by atoms with E-state index in [1.165, 1.54) is 0 Å². The van der Waals surface area contributed by atoms with Crippen LogP contribution in [0, 0.1) is 0 Å². The number of likely N-dealkylation sites (N-methyl/N-ethyl adjacent to an activating group) is 1. The van der Waals surface area contributed by atoms with Crippen LogP contribution in [-0.4, -0.2) is 60.1 Å². The lowest BCUT2D eigenvalue weighted by Gasteiger charge is -2.20. The number of aromatic amines is 1. The zero-order valence-corrected chi connectivity index (χ0v) is 19.9. The number of nitrogens with zero attached hydrogens (tertiary/aromatic N) is 2. The van der Waals surface area contributed by atoms with Gasteiger partial charge in [0.15, 0.2) is 0 Å². The summed E-state index contributed by atoms with van der Waals surface area (Å²) >= 11 is 6.34. The smallest absolute Gasteiger partial charge is 0.259 e. The van der Waals surface area contributed by atoms with Crippen molar-refractivity contribution in [2.24, 2.45) is 0 Å². The minimum absolute atomic E-state index is 0.0708. The van der Waals surface area contributed by atoms with Gasteiger partial charge in [-0.15, -0.1) is 0 Å². The maximum Gasteiger partial charge on any atom is 0.259 e. The monoisotopic (exact) mass is 476 g/mol. The second kappa shape index (κ2) is 8.76. The van der Waals surface area contributed by atoms with Crippen molar-refractivity contribution in [3.8, 4) is 0 Å². The zero-order chi connectivity index (χ0) is 24.0. The number of nitrogens with one attached hydrogen (secondary N) is 2. The van der Waals surface area contributed by atoms with Crippen molar-refractivity contribution in [1.82, 2.24) is 19.8 Å². The Hall–Kier alpha value is -3.39. The van der Waals surface area contributed by atoms with Crippen LogP contribution in [0.15, 0.2) is 54.9 Å². The van der Waals surface area contributed by atoms with Gasteiger partial charge in [-0.2, -0.15) is 0 Å². The fourth-order valence-corrected chi connectivity index (χ4v) is 4.86. The fourth-order valence-electron chi connectivity index (χ4n) is 4.70. The normalized spacial score (nSPS) is 15.2. The average Bonchev–Trinajstić information content (AvgIpc) is 3.45. The first-order valence-electron chi connectivity index (χ1n) is 11.0. The number of benzene rings is 2. The first-order chi connectivity index (χ1) is 16.4. The molecule has 174 valence electrons. The van der Waals surface area contributed by atoms with E-state index >= 15 is 0 Å². The Balaban J connectivity index is 1.72. The first kappa shape index (κ1) is 22.4. The molecule has 0 saturated heterocycles. The van der Waals surface area contributed by atoms with Gasteiger partial charge in [-0.1, -0.05) is 35.9 Å². The summed E-state index contributed by atoms with van der Waals surface area (Å²) < 4.78 is 7.75. The van der Waals surface area contributed by atoms with Crippen LogP contribution in [0.3, 0.4) is 0 Å². The maximum atomic E-state index is 13.1. The molecule has 1 atom stereocenters. The van der Waals surface area contributed by atoms with Crippen molar-refractivity contribution >= 4 is 56.4 Å². The molecule has 0 saturated carbocycles. The SMILES string of the molecule is COC(CN(C)C)Cn1cc(C2=C(c3c[nH]c4ccccc34)C(=O)NC2=O)c2ccc(Cl)cc21. The van der Waals surface area contributed by atoms with Crippen molar-refractivity contribution in [3.63, 3.8) is 0 Å². The second-order valence-electron chi connectivity index (χ2n) is 8.76. The number of fused-ring (bicyclic) bond motifs is 2. The number of hydrogen-bond donors (Lipinski definition) is 2. The van der Waals surface area contributed by atoms with Gasteiger partial charge in [-0.05, 0) is 32.3 Å². The Morgan fingerprint density at radius 2 is 1.76 bits per heavy atom. The molecule has 0 bridgehead atoms. The molecule has 5 rings (SSSR count). The Labute approximate surface area is 201 Å². The Morgan fingerprint density at radius 1 is 1.03 bits per heavy atom. The molecule has 2 amide bonds. The standard InChI is InChI=1S/C26H25ClN4O3/c1-30(2)12-16(34-3)13-31-14-20(18-9-8-15(27)10-22(18)31)24-23(25(32)29-26(24)33)19-11-28-21-7-5-4-6-17(19)21/h4-11,14,16,28H,12-13H2,1-3H3,(H,29,32,33). The molecule has 8 heteroatoms. The van der Waals surface area contributed by atoms with Crippen LogP contribution in [0.1, 0.15) is 11.1 Å². The van der Waals surface area contributed by atoms with Crippen LogP contribution < -0.4 is 5.32 Å². The van der Waals surface area contributed by atoms with Crippen LogP contribution in [0.2, 0.25) is 5.02 Å². The summed E-state index contributed by atoms with van der Waals surface area (Å²) in [5.41, 5.74) is 3.90. The van der Waals surface area contributed by atoms with Gasteiger partial charge in [0.05, 0.1) is 29.3 Å². The third-order valence-electron chi connectivity index (χ3n) is 6.21. The second-order valence-corrected chi connectivity index (χ2v) is 9.19. The summed E-state index contributed by atoms with van der Waals surface area (Å²) in [6.07, 6.45) is 3.63. The summed E-state index contributed by atoms with van der Waals surface area (Å²) in [6.45, 7) is 1.30. The minimum Gasteiger partial charge on any atom is -0.378 e. The van der Waals surface area contributed by atoms with E-state index in [2.05, 4.69) is 15.2 Å². The highest BCUT2D eigenvalue weighted by atomic mass is 35.5. The van der Waals surface area contributed by atoms with E-state index in [-0.39, 0.29) is 6.10 Å². The van der Waals surface area contributed by atoms with Gasteiger partial charge >= 0.3 is 0 Å². The summed E-state index contributed by atoms with van der Waals surface area (Å²) in [5.74, 6) is -0.808. The number of imide groups is 1. The van der Waals surface area contributed by atoms with Crippen molar-refractivity contribution in [1.29, 1.82) is 0 Å². The van der Waals surface area contributed by atoms with Crippen molar-refractivity contribution in [2.45, 2.75) is 12.6 Å². The summed E-state index contributed by atoms with van der Waals surface area (Å²) in [7, 11) is 5.68. The van der Waals surface area contributed by atoms with Gasteiger partial charge in [-0.25, -0.2) is 0 Å². The number of carbonyl (C=O) groups is 2. The van der Waals surface area contributed by atoms with Gasteiger partial charge in [0.2, 0.25) is 0 Å². The highest BCUT2D eigenvalue weighted by molar-refractivity contribution is 6.50. The fraction of sp³-hybridized carbons (Fsp3) is 0.231. The number of halogens is 1. The molecule has 7 nitrogen and oxygen atoms in total. The van der Waals surface area contributed by atoms with E-state index in [1.54, 1.807) is 19.4 Å². The van der Waals surface area contributed by atoms with E-state index in [0.717, 1.165) is 28.4 Å². The first-order valence-corrected chi connectivity index (χ1v) is 11.4. The van der Waals surface area contributed by atoms with Crippen LogP contribution in [-0.2, 0) is 20.9 Å². The van der Waals surface area contributed by atoms with Gasteiger partial charge in [0, 0.05) is 58.5 Å². The number of methoxy groups -OCH3 is 1. The van der Waals surface area contributed by atoms with Crippen LogP contribution in [0.4, 0.5) is 0 Å². The lowest BCUT2D eigenvalue weighted by Crippen LogP contribution is -2.31. The van der Waals surface area contributed by atoms with Crippen LogP contribution in [0.25, 0.3) is 33.0 Å². The number of amides is 2. The third kappa shape index (κ3) is 3.81. The summed E-state index contributed by atoms with van der Waals surface area (Å²) in [6, 6.07) is 13.3. The Kier molecular flexibility index (Phi) is 5.77. The molecule has 0 spiro atoms. The average molecular weight is 477 g/mol. The van der Waals surface area contributed by atoms with Gasteiger partial charge < -0.3 is 19.2 Å². The summed E-state index contributed by atoms with van der Waals surface area (Å²) in [5, 5.41) is 4.83. The molecular formula is C26H25ClN4O3. The van der Waals surface area contributed by atoms with Crippen molar-refractivity contribution in [2.75, 3.05) is 27.7 Å². The van der Waals surface area contributed by atoms with E-state index < -0.39 is 11.8 Å². The highest BCUT2D eigenvalue weighted by Gasteiger charge is 2.35. The topological polar surface area (TPSA) is 79.4 Å². The molecule has 4 aromatic rings. The number of ether oxygens (including phenoxy) is 1. The number of H-pyrrole nitrogens is 1. The number of carbonyl (C=O) groups excluding carboxylic acids is 2. The molecule has 1 unspecified atom stereocenters. The van der Waals surface area contributed by atoms with Crippen molar-refractivity contribution in [3.05, 3.63) is 71.0 Å². The molecule has 3 heterocycles. The van der Waals surface area contributed by atoms with E-state index in [0.29, 0.717) is 33.8 Å². The number of rotatable bonds is 7. The van der Waals surface area contributed by atoms with Crippen LogP contribution >= 0.6 is 11.6 Å². The zero-order valence-electron chi connectivity index (χ0n) is 19.2. The lowest BCUT2D eigenvalue weighted by molar-refractivity contribution is -0.122. The van der Waals surface area contributed by atoms with Crippen molar-refractivity contribution < 1.29 is 14.3 Å². The predicted molar refractivity (Wildman–Crippen MR) is 135 cm³/mol. The quantitative estimate of drug-likeness (QED) is 0.396. The molecule has 0 radical (unpaired) electrons. The van der Waals surface area contributed by atoms with Gasteiger partial charge in [0.25, 0.3) is 11.8 Å². The van der Waals surface area contributed by atoms with E-state index in [1.807, 2.05) is 61.3 Å².